The van der Waals surface area contributed by atoms with Crippen LogP contribution in [-0.4, -0.2) is 28.3 Å². The number of rotatable bonds is 4. The number of benzene rings is 1. The van der Waals surface area contributed by atoms with Gasteiger partial charge in [-0.25, -0.2) is 8.78 Å². The predicted octanol–water partition coefficient (Wildman–Crippen LogP) is 1.87. The van der Waals surface area contributed by atoms with Crippen molar-refractivity contribution in [3.05, 3.63) is 29.3 Å². The van der Waals surface area contributed by atoms with Crippen LogP contribution in [0.3, 0.4) is 0 Å². The van der Waals surface area contributed by atoms with Crippen LogP contribution in [0.25, 0.3) is 0 Å². The van der Waals surface area contributed by atoms with Gasteiger partial charge in [0.25, 0.3) is 0 Å². The minimum Gasteiger partial charge on any atom is -0.375 e. The monoisotopic (exact) mass is 267 g/mol. The van der Waals surface area contributed by atoms with E-state index in [9.17, 15) is 21.1 Å². The summed E-state index contributed by atoms with van der Waals surface area (Å²) in [5.41, 5.74) is 0.184. The third kappa shape index (κ3) is 3.62. The Balaban J connectivity index is 3.12. The van der Waals surface area contributed by atoms with Gasteiger partial charge in [-0.1, -0.05) is 6.07 Å². The smallest absolute Gasteiger partial charge is 0.302 e. The van der Waals surface area contributed by atoms with E-state index in [0.717, 1.165) is 6.07 Å². The third-order valence-electron chi connectivity index (χ3n) is 2.22. The molecule has 0 aromatic heterocycles. The number of halogens is 3. The van der Waals surface area contributed by atoms with Crippen molar-refractivity contribution >= 4 is 15.9 Å². The fourth-order valence-corrected chi connectivity index (χ4v) is 1.96. The molecule has 96 valence electrons. The lowest BCUT2D eigenvalue weighted by Crippen LogP contribution is -2.16. The lowest BCUT2D eigenvalue weighted by Gasteiger charge is -2.18. The molecule has 7 heteroatoms. The molecule has 0 fully saturated rings. The topological polar surface area (TPSA) is 37.4 Å². The van der Waals surface area contributed by atoms with Crippen LogP contribution in [0.1, 0.15) is 5.56 Å². The number of aryl methyl sites for hydroxylation is 1. The SMILES string of the molecule is CN(C)c1c(CCS(=O)(=O)F)ccc(F)c1F. The van der Waals surface area contributed by atoms with Gasteiger partial charge in [-0.15, -0.1) is 3.89 Å². The largest absolute Gasteiger partial charge is 0.375 e. The van der Waals surface area contributed by atoms with Crippen molar-refractivity contribution < 1.29 is 21.1 Å². The Morgan fingerprint density at radius 1 is 1.24 bits per heavy atom. The summed E-state index contributed by atoms with van der Waals surface area (Å²) in [6.07, 6.45) is -0.205. The Morgan fingerprint density at radius 3 is 2.29 bits per heavy atom. The Hall–Kier alpha value is -1.24. The first-order valence-electron chi connectivity index (χ1n) is 4.79. The molecule has 17 heavy (non-hydrogen) atoms. The lowest BCUT2D eigenvalue weighted by molar-refractivity contribution is 0.507. The Morgan fingerprint density at radius 2 is 1.82 bits per heavy atom. The molecule has 0 aliphatic heterocycles. The van der Waals surface area contributed by atoms with Crippen LogP contribution in [-0.2, 0) is 16.6 Å². The van der Waals surface area contributed by atoms with Crippen molar-refractivity contribution in [1.29, 1.82) is 0 Å². The van der Waals surface area contributed by atoms with E-state index in [1.165, 1.54) is 25.1 Å². The summed E-state index contributed by atoms with van der Waals surface area (Å²) >= 11 is 0. The van der Waals surface area contributed by atoms with Crippen LogP contribution in [0.15, 0.2) is 12.1 Å². The zero-order valence-electron chi connectivity index (χ0n) is 9.37. The highest BCUT2D eigenvalue weighted by Crippen LogP contribution is 2.25. The minimum absolute atomic E-state index is 0.0614. The van der Waals surface area contributed by atoms with Crippen molar-refractivity contribution in [2.45, 2.75) is 6.42 Å². The minimum atomic E-state index is -4.62. The predicted molar refractivity (Wildman–Crippen MR) is 59.3 cm³/mol. The number of anilines is 1. The van der Waals surface area contributed by atoms with Crippen molar-refractivity contribution in [2.24, 2.45) is 0 Å². The molecule has 0 saturated carbocycles. The average Bonchev–Trinajstić information content (AvgIpc) is 2.18. The van der Waals surface area contributed by atoms with Gasteiger partial charge in [0, 0.05) is 14.1 Å². The second kappa shape index (κ2) is 4.95. The summed E-state index contributed by atoms with van der Waals surface area (Å²) in [5, 5.41) is 0. The standard InChI is InChI=1S/C10H12F3NO2S/c1-14(2)10-7(5-6-17(13,15)16)3-4-8(11)9(10)12/h3-4H,5-6H2,1-2H3. The van der Waals surface area contributed by atoms with Crippen molar-refractivity contribution in [2.75, 3.05) is 24.7 Å². The van der Waals surface area contributed by atoms with E-state index in [2.05, 4.69) is 0 Å². The summed E-state index contributed by atoms with van der Waals surface area (Å²) in [7, 11) is -1.64. The second-order valence-corrected chi connectivity index (χ2v) is 5.24. The number of nitrogens with zero attached hydrogens (tertiary/aromatic N) is 1. The van der Waals surface area contributed by atoms with E-state index in [4.69, 9.17) is 0 Å². The molecule has 0 amide bonds. The summed E-state index contributed by atoms with van der Waals surface area (Å²) in [5.74, 6) is -2.84. The molecule has 0 spiro atoms. The normalized spacial score (nSPS) is 11.6. The highest BCUT2D eigenvalue weighted by atomic mass is 32.3. The Kier molecular flexibility index (Phi) is 4.03. The molecule has 0 atom stereocenters. The average molecular weight is 267 g/mol. The van der Waals surface area contributed by atoms with Gasteiger partial charge >= 0.3 is 10.2 Å². The molecular weight excluding hydrogens is 255 g/mol. The maximum absolute atomic E-state index is 13.5. The van der Waals surface area contributed by atoms with Crippen LogP contribution in [0.2, 0.25) is 0 Å². The highest BCUT2D eigenvalue weighted by molar-refractivity contribution is 7.86. The van der Waals surface area contributed by atoms with Crippen LogP contribution < -0.4 is 4.90 Å². The zero-order chi connectivity index (χ0) is 13.2. The van der Waals surface area contributed by atoms with Gasteiger partial charge in [0.1, 0.15) is 0 Å². The van der Waals surface area contributed by atoms with E-state index in [-0.39, 0.29) is 17.7 Å². The van der Waals surface area contributed by atoms with Gasteiger partial charge < -0.3 is 4.90 Å². The van der Waals surface area contributed by atoms with E-state index >= 15 is 0 Å². The first-order chi connectivity index (χ1) is 7.72. The molecule has 0 heterocycles. The first-order valence-corrected chi connectivity index (χ1v) is 6.34. The quantitative estimate of drug-likeness (QED) is 0.782. The summed E-state index contributed by atoms with van der Waals surface area (Å²) < 4.78 is 59.6. The van der Waals surface area contributed by atoms with Crippen LogP contribution in [0.5, 0.6) is 0 Å². The molecule has 0 aliphatic rings. The zero-order valence-corrected chi connectivity index (χ0v) is 10.2. The summed E-state index contributed by atoms with van der Waals surface area (Å²) in [6.45, 7) is 0. The van der Waals surface area contributed by atoms with Crippen molar-refractivity contribution in [1.82, 2.24) is 0 Å². The van der Waals surface area contributed by atoms with Crippen LogP contribution >= 0.6 is 0 Å². The van der Waals surface area contributed by atoms with Gasteiger partial charge in [0.05, 0.1) is 11.4 Å². The van der Waals surface area contributed by atoms with Crippen LogP contribution in [0.4, 0.5) is 18.4 Å². The highest BCUT2D eigenvalue weighted by Gasteiger charge is 2.17. The van der Waals surface area contributed by atoms with E-state index < -0.39 is 27.6 Å². The molecule has 0 unspecified atom stereocenters. The fraction of sp³-hybridized carbons (Fsp3) is 0.400. The molecule has 0 bridgehead atoms. The molecule has 3 nitrogen and oxygen atoms in total. The van der Waals surface area contributed by atoms with E-state index in [1.807, 2.05) is 0 Å². The molecule has 0 N–H and O–H groups in total. The maximum atomic E-state index is 13.5. The van der Waals surface area contributed by atoms with Gasteiger partial charge in [-0.05, 0) is 18.1 Å². The van der Waals surface area contributed by atoms with E-state index in [0.29, 0.717) is 0 Å². The Labute approximate surface area is 98.1 Å². The van der Waals surface area contributed by atoms with Gasteiger partial charge in [0.15, 0.2) is 11.6 Å². The molecule has 1 aromatic carbocycles. The molecule has 1 aromatic rings. The number of hydrogen-bond acceptors (Lipinski definition) is 3. The van der Waals surface area contributed by atoms with Crippen molar-refractivity contribution in [3.8, 4) is 0 Å². The van der Waals surface area contributed by atoms with Crippen molar-refractivity contribution in [3.63, 3.8) is 0 Å². The Bertz CT molecular complexity index is 515. The summed E-state index contributed by atoms with van der Waals surface area (Å²) in [4.78, 5) is 1.32. The van der Waals surface area contributed by atoms with Crippen LogP contribution in [0, 0.1) is 11.6 Å². The van der Waals surface area contributed by atoms with Gasteiger partial charge in [-0.3, -0.25) is 0 Å². The molecule has 0 aliphatic carbocycles. The fourth-order valence-electron chi connectivity index (χ4n) is 1.50. The third-order valence-corrected chi connectivity index (χ3v) is 2.91. The molecule has 0 radical (unpaired) electrons. The lowest BCUT2D eigenvalue weighted by atomic mass is 10.1. The molecular formula is C10H12F3NO2S. The van der Waals surface area contributed by atoms with E-state index in [1.54, 1.807) is 0 Å². The summed E-state index contributed by atoms with van der Waals surface area (Å²) in [6, 6.07) is 2.14. The molecule has 0 saturated heterocycles. The first kappa shape index (κ1) is 13.8. The van der Waals surface area contributed by atoms with Gasteiger partial charge in [0.2, 0.25) is 0 Å². The molecule has 1 rings (SSSR count). The van der Waals surface area contributed by atoms with Gasteiger partial charge in [-0.2, -0.15) is 8.42 Å². The number of hydrogen-bond donors (Lipinski definition) is 0. The second-order valence-electron chi connectivity index (χ2n) is 3.76. The maximum Gasteiger partial charge on any atom is 0.302 e.